The Labute approximate surface area is 111 Å². The summed E-state index contributed by atoms with van der Waals surface area (Å²) in [5, 5.41) is 8.73. The smallest absolute Gasteiger partial charge is 0.307 e. The lowest BCUT2D eigenvalue weighted by Crippen LogP contribution is -1.99. The van der Waals surface area contributed by atoms with Gasteiger partial charge in [0.25, 0.3) is 0 Å². The monoisotopic (exact) mass is 257 g/mol. The van der Waals surface area contributed by atoms with Crippen LogP contribution in [0.2, 0.25) is 0 Å². The van der Waals surface area contributed by atoms with Crippen molar-refractivity contribution in [3.05, 3.63) is 48.0 Å². The molecule has 2 aromatic rings. The Kier molecular flexibility index (Phi) is 3.71. The van der Waals surface area contributed by atoms with Gasteiger partial charge in [-0.3, -0.25) is 4.79 Å². The lowest BCUT2D eigenvalue weighted by molar-refractivity contribution is -0.136. The maximum absolute atomic E-state index is 10.6. The number of carboxylic acid groups (broad SMARTS) is 1. The molecule has 0 spiro atoms. The molecule has 0 amide bonds. The number of nitrogens with two attached hydrogens (primary N) is 1. The van der Waals surface area contributed by atoms with Crippen molar-refractivity contribution >= 4 is 11.7 Å². The highest BCUT2D eigenvalue weighted by molar-refractivity contribution is 5.74. The average Bonchev–Trinajstić information content (AvgIpc) is 2.39. The molecule has 0 heterocycles. The van der Waals surface area contributed by atoms with Crippen molar-refractivity contribution in [3.8, 4) is 16.9 Å². The van der Waals surface area contributed by atoms with Crippen LogP contribution in [0.1, 0.15) is 5.56 Å². The van der Waals surface area contributed by atoms with Gasteiger partial charge in [-0.1, -0.05) is 24.3 Å². The zero-order chi connectivity index (χ0) is 13.8. The molecule has 0 unspecified atom stereocenters. The first-order valence-corrected chi connectivity index (χ1v) is 5.85. The summed E-state index contributed by atoms with van der Waals surface area (Å²) in [5.41, 5.74) is 9.02. The number of carbonyl (C=O) groups is 1. The number of carboxylic acids is 1. The van der Waals surface area contributed by atoms with Crippen molar-refractivity contribution in [2.45, 2.75) is 6.42 Å². The maximum Gasteiger partial charge on any atom is 0.307 e. The van der Waals surface area contributed by atoms with E-state index in [1.165, 1.54) is 0 Å². The molecule has 0 aromatic heterocycles. The van der Waals surface area contributed by atoms with Crippen LogP contribution in [0.4, 0.5) is 5.69 Å². The molecule has 0 fully saturated rings. The first-order chi connectivity index (χ1) is 9.10. The molecule has 19 heavy (non-hydrogen) atoms. The average molecular weight is 257 g/mol. The van der Waals surface area contributed by atoms with Gasteiger partial charge in [0.2, 0.25) is 0 Å². The van der Waals surface area contributed by atoms with Crippen LogP contribution in [0.3, 0.4) is 0 Å². The van der Waals surface area contributed by atoms with Gasteiger partial charge in [-0.15, -0.1) is 0 Å². The highest BCUT2D eigenvalue weighted by atomic mass is 16.5. The SMILES string of the molecule is COc1cc(N)ccc1-c1ccc(CC(=O)O)cc1. The van der Waals surface area contributed by atoms with E-state index < -0.39 is 5.97 Å². The van der Waals surface area contributed by atoms with Crippen LogP contribution in [0.5, 0.6) is 5.75 Å². The van der Waals surface area contributed by atoms with E-state index in [0.717, 1.165) is 16.7 Å². The van der Waals surface area contributed by atoms with Gasteiger partial charge in [0, 0.05) is 17.3 Å². The quantitative estimate of drug-likeness (QED) is 0.826. The van der Waals surface area contributed by atoms with Gasteiger partial charge >= 0.3 is 5.97 Å². The van der Waals surface area contributed by atoms with Crippen molar-refractivity contribution in [1.29, 1.82) is 0 Å². The Hall–Kier alpha value is -2.49. The summed E-state index contributed by atoms with van der Waals surface area (Å²) in [6.45, 7) is 0. The molecule has 2 aromatic carbocycles. The van der Waals surface area contributed by atoms with Gasteiger partial charge in [-0.2, -0.15) is 0 Å². The fourth-order valence-corrected chi connectivity index (χ4v) is 1.92. The number of methoxy groups -OCH3 is 1. The molecule has 0 saturated heterocycles. The molecule has 4 nitrogen and oxygen atoms in total. The summed E-state index contributed by atoms with van der Waals surface area (Å²) >= 11 is 0. The van der Waals surface area contributed by atoms with E-state index in [4.69, 9.17) is 15.6 Å². The summed E-state index contributed by atoms with van der Waals surface area (Å²) in [6, 6.07) is 12.8. The number of hydrogen-bond acceptors (Lipinski definition) is 3. The van der Waals surface area contributed by atoms with Crippen LogP contribution >= 0.6 is 0 Å². The van der Waals surface area contributed by atoms with E-state index in [-0.39, 0.29) is 6.42 Å². The third-order valence-electron chi connectivity index (χ3n) is 2.85. The summed E-state index contributed by atoms with van der Waals surface area (Å²) in [6.07, 6.45) is 0.0269. The van der Waals surface area contributed by atoms with Crippen LogP contribution in [-0.4, -0.2) is 18.2 Å². The number of aliphatic carboxylic acids is 1. The Morgan fingerprint density at radius 3 is 2.47 bits per heavy atom. The highest BCUT2D eigenvalue weighted by Crippen LogP contribution is 2.31. The molecule has 0 aliphatic rings. The Morgan fingerprint density at radius 1 is 1.21 bits per heavy atom. The summed E-state index contributed by atoms with van der Waals surface area (Å²) in [5.74, 6) is -0.135. The van der Waals surface area contributed by atoms with Crippen molar-refractivity contribution in [1.82, 2.24) is 0 Å². The number of nitrogen functional groups attached to an aromatic ring is 1. The summed E-state index contributed by atoms with van der Waals surface area (Å²) < 4.78 is 5.30. The molecule has 0 radical (unpaired) electrons. The van der Waals surface area contributed by atoms with Gasteiger partial charge in [0.15, 0.2) is 0 Å². The Bertz CT molecular complexity index is 591. The van der Waals surface area contributed by atoms with E-state index in [1.54, 1.807) is 25.3 Å². The third kappa shape index (κ3) is 3.04. The van der Waals surface area contributed by atoms with Crippen LogP contribution in [0, 0.1) is 0 Å². The first-order valence-electron chi connectivity index (χ1n) is 5.85. The number of benzene rings is 2. The molecule has 0 aliphatic heterocycles. The zero-order valence-electron chi connectivity index (χ0n) is 10.6. The second-order valence-corrected chi connectivity index (χ2v) is 4.23. The lowest BCUT2D eigenvalue weighted by atomic mass is 10.0. The van der Waals surface area contributed by atoms with Gasteiger partial charge in [-0.05, 0) is 23.3 Å². The normalized spacial score (nSPS) is 10.2. The Balaban J connectivity index is 2.34. The predicted molar refractivity (Wildman–Crippen MR) is 74.2 cm³/mol. The number of ether oxygens (including phenoxy) is 1. The molecule has 2 rings (SSSR count). The van der Waals surface area contributed by atoms with Crippen molar-refractivity contribution in [2.75, 3.05) is 12.8 Å². The van der Waals surface area contributed by atoms with E-state index in [1.807, 2.05) is 24.3 Å². The predicted octanol–water partition coefficient (Wildman–Crippen LogP) is 2.57. The number of hydrogen-bond donors (Lipinski definition) is 2. The minimum absolute atomic E-state index is 0.0269. The van der Waals surface area contributed by atoms with E-state index in [0.29, 0.717) is 11.4 Å². The van der Waals surface area contributed by atoms with Crippen molar-refractivity contribution in [2.24, 2.45) is 0 Å². The molecule has 4 heteroatoms. The second kappa shape index (κ2) is 5.44. The van der Waals surface area contributed by atoms with Crippen molar-refractivity contribution < 1.29 is 14.6 Å². The highest BCUT2D eigenvalue weighted by Gasteiger charge is 2.07. The number of anilines is 1. The molecule has 3 N–H and O–H groups in total. The molecule has 0 atom stereocenters. The fourth-order valence-electron chi connectivity index (χ4n) is 1.92. The molecule has 0 aliphatic carbocycles. The molecule has 0 saturated carbocycles. The third-order valence-corrected chi connectivity index (χ3v) is 2.85. The van der Waals surface area contributed by atoms with E-state index in [9.17, 15) is 4.79 Å². The molecule has 98 valence electrons. The van der Waals surface area contributed by atoms with Crippen LogP contribution in [0.25, 0.3) is 11.1 Å². The first kappa shape index (κ1) is 13.0. The van der Waals surface area contributed by atoms with Crippen LogP contribution < -0.4 is 10.5 Å². The van der Waals surface area contributed by atoms with Gasteiger partial charge in [-0.25, -0.2) is 0 Å². The second-order valence-electron chi connectivity index (χ2n) is 4.23. The van der Waals surface area contributed by atoms with E-state index >= 15 is 0 Å². The van der Waals surface area contributed by atoms with Crippen LogP contribution in [-0.2, 0) is 11.2 Å². The topological polar surface area (TPSA) is 72.5 Å². The van der Waals surface area contributed by atoms with Crippen molar-refractivity contribution in [3.63, 3.8) is 0 Å². The number of rotatable bonds is 4. The minimum Gasteiger partial charge on any atom is -0.496 e. The van der Waals surface area contributed by atoms with Gasteiger partial charge < -0.3 is 15.6 Å². The van der Waals surface area contributed by atoms with Gasteiger partial charge in [0.1, 0.15) is 5.75 Å². The van der Waals surface area contributed by atoms with E-state index in [2.05, 4.69) is 0 Å². The standard InChI is InChI=1S/C15H15NO3/c1-19-14-9-12(16)6-7-13(14)11-4-2-10(3-5-11)8-15(17)18/h2-7,9H,8,16H2,1H3,(H,17,18). The maximum atomic E-state index is 10.6. The summed E-state index contributed by atoms with van der Waals surface area (Å²) in [7, 11) is 1.59. The zero-order valence-corrected chi connectivity index (χ0v) is 10.6. The molecular formula is C15H15NO3. The minimum atomic E-state index is -0.835. The van der Waals surface area contributed by atoms with Crippen LogP contribution in [0.15, 0.2) is 42.5 Å². The Morgan fingerprint density at radius 2 is 1.89 bits per heavy atom. The molecular weight excluding hydrogens is 242 g/mol. The van der Waals surface area contributed by atoms with Gasteiger partial charge in [0.05, 0.1) is 13.5 Å². The summed E-state index contributed by atoms with van der Waals surface area (Å²) in [4.78, 5) is 10.6. The molecule has 0 bridgehead atoms. The largest absolute Gasteiger partial charge is 0.496 e. The lowest BCUT2D eigenvalue weighted by Gasteiger charge is -2.10. The fraction of sp³-hybridized carbons (Fsp3) is 0.133.